The summed E-state index contributed by atoms with van der Waals surface area (Å²) in [7, 11) is 0. The normalized spacial score (nSPS) is 16.9. The van der Waals surface area contributed by atoms with Crippen molar-refractivity contribution in [3.8, 4) is 17.2 Å². The third-order valence-corrected chi connectivity index (χ3v) is 5.05. The first kappa shape index (κ1) is 17.6. The number of hydrogen-bond donors (Lipinski definition) is 0. The van der Waals surface area contributed by atoms with Gasteiger partial charge in [0.05, 0.1) is 17.3 Å². The average molecular weight is 392 g/mol. The number of nitriles is 1. The molecule has 1 aromatic carbocycles. The Labute approximate surface area is 157 Å². The summed E-state index contributed by atoms with van der Waals surface area (Å²) in [4.78, 5) is 6.06. The zero-order valence-electron chi connectivity index (χ0n) is 14.2. The quantitative estimate of drug-likeness (QED) is 0.610. The van der Waals surface area contributed by atoms with Crippen LogP contribution in [0.15, 0.2) is 18.3 Å². The van der Waals surface area contributed by atoms with Crippen molar-refractivity contribution in [3.05, 3.63) is 46.5 Å². The standard InChI is InChI=1S/C18H13ClF3N5/c1-9-3-2-4-26(9)18-15(14-12(21)5-11(20)6-13(14)22)16(19)25-17-10(7-23)8-24-27(17)18/h5-6,8-9H,2-4H2,1H3. The molecule has 0 saturated carbocycles. The lowest BCUT2D eigenvalue weighted by atomic mass is 10.1. The van der Waals surface area contributed by atoms with E-state index in [2.05, 4.69) is 10.1 Å². The Kier molecular flexibility index (Phi) is 4.19. The Morgan fingerprint density at radius 3 is 2.52 bits per heavy atom. The maximum absolute atomic E-state index is 14.5. The Morgan fingerprint density at radius 2 is 1.93 bits per heavy atom. The number of nitrogens with zero attached hydrogens (tertiary/aromatic N) is 5. The molecule has 5 nitrogen and oxygen atoms in total. The zero-order chi connectivity index (χ0) is 19.3. The summed E-state index contributed by atoms with van der Waals surface area (Å²) in [6.07, 6.45) is 3.08. The average Bonchev–Trinajstić information content (AvgIpc) is 3.20. The molecule has 2 aromatic heterocycles. The molecule has 3 aromatic rings. The molecule has 27 heavy (non-hydrogen) atoms. The highest BCUT2D eigenvalue weighted by molar-refractivity contribution is 6.33. The van der Waals surface area contributed by atoms with Gasteiger partial charge in [-0.15, -0.1) is 0 Å². The van der Waals surface area contributed by atoms with Gasteiger partial charge in [0.2, 0.25) is 0 Å². The minimum Gasteiger partial charge on any atom is -0.353 e. The first-order valence-corrected chi connectivity index (χ1v) is 8.69. The number of rotatable bonds is 2. The molecule has 4 rings (SSSR count). The summed E-state index contributed by atoms with van der Waals surface area (Å²) in [6.45, 7) is 2.60. The van der Waals surface area contributed by atoms with Gasteiger partial charge in [-0.1, -0.05) is 11.6 Å². The molecular weight excluding hydrogens is 379 g/mol. The minimum atomic E-state index is -1.09. The second-order valence-electron chi connectivity index (χ2n) is 6.44. The second-order valence-corrected chi connectivity index (χ2v) is 6.79. The van der Waals surface area contributed by atoms with E-state index in [1.54, 1.807) is 0 Å². The summed E-state index contributed by atoms with van der Waals surface area (Å²) in [5.41, 5.74) is -0.0979. The van der Waals surface area contributed by atoms with Gasteiger partial charge in [-0.2, -0.15) is 14.9 Å². The van der Waals surface area contributed by atoms with Crippen molar-refractivity contribution < 1.29 is 13.2 Å². The molecule has 1 unspecified atom stereocenters. The Balaban J connectivity index is 2.12. The molecule has 3 heterocycles. The number of aromatic nitrogens is 3. The smallest absolute Gasteiger partial charge is 0.176 e. The topological polar surface area (TPSA) is 57.2 Å². The molecule has 0 spiro atoms. The predicted octanol–water partition coefficient (Wildman–Crippen LogP) is 4.33. The number of halogens is 4. The van der Waals surface area contributed by atoms with Gasteiger partial charge < -0.3 is 4.90 Å². The summed E-state index contributed by atoms with van der Waals surface area (Å²) in [5, 5.41) is 13.3. The van der Waals surface area contributed by atoms with Crippen molar-refractivity contribution in [3.63, 3.8) is 0 Å². The van der Waals surface area contributed by atoms with Crippen molar-refractivity contribution in [1.82, 2.24) is 14.6 Å². The molecule has 1 aliphatic heterocycles. The highest BCUT2D eigenvalue weighted by Gasteiger charge is 2.31. The summed E-state index contributed by atoms with van der Waals surface area (Å²) in [5.74, 6) is -2.87. The number of benzene rings is 1. The van der Waals surface area contributed by atoms with Crippen molar-refractivity contribution in [2.45, 2.75) is 25.8 Å². The van der Waals surface area contributed by atoms with Crippen LogP contribution in [0.1, 0.15) is 25.3 Å². The number of fused-ring (bicyclic) bond motifs is 1. The van der Waals surface area contributed by atoms with Gasteiger partial charge in [0.1, 0.15) is 40.1 Å². The molecule has 0 bridgehead atoms. The molecule has 1 saturated heterocycles. The van der Waals surface area contributed by atoms with E-state index in [1.807, 2.05) is 17.9 Å². The summed E-state index contributed by atoms with van der Waals surface area (Å²) < 4.78 is 43.9. The van der Waals surface area contributed by atoms with E-state index in [-0.39, 0.29) is 28.0 Å². The fourth-order valence-corrected chi connectivity index (χ4v) is 3.80. The number of hydrogen-bond acceptors (Lipinski definition) is 4. The lowest BCUT2D eigenvalue weighted by Crippen LogP contribution is -2.29. The van der Waals surface area contributed by atoms with Gasteiger partial charge >= 0.3 is 0 Å². The van der Waals surface area contributed by atoms with E-state index in [1.165, 1.54) is 10.7 Å². The fraction of sp³-hybridized carbons (Fsp3) is 0.278. The van der Waals surface area contributed by atoms with Gasteiger partial charge in [-0.3, -0.25) is 0 Å². The maximum atomic E-state index is 14.5. The van der Waals surface area contributed by atoms with Gasteiger partial charge in [0, 0.05) is 24.7 Å². The van der Waals surface area contributed by atoms with E-state index in [9.17, 15) is 18.4 Å². The monoisotopic (exact) mass is 391 g/mol. The van der Waals surface area contributed by atoms with E-state index in [0.717, 1.165) is 12.8 Å². The third kappa shape index (κ3) is 2.70. The van der Waals surface area contributed by atoms with Crippen LogP contribution in [-0.2, 0) is 0 Å². The lowest BCUT2D eigenvalue weighted by molar-refractivity contribution is 0.547. The predicted molar refractivity (Wildman–Crippen MR) is 94.1 cm³/mol. The van der Waals surface area contributed by atoms with E-state index < -0.39 is 23.0 Å². The van der Waals surface area contributed by atoms with Crippen molar-refractivity contribution >= 4 is 23.1 Å². The van der Waals surface area contributed by atoms with Crippen molar-refractivity contribution in [2.24, 2.45) is 0 Å². The Hall–Kier alpha value is -2.79. The summed E-state index contributed by atoms with van der Waals surface area (Å²) >= 11 is 6.32. The van der Waals surface area contributed by atoms with Crippen LogP contribution < -0.4 is 4.90 Å². The number of anilines is 1. The molecule has 138 valence electrons. The van der Waals surface area contributed by atoms with Crippen molar-refractivity contribution in [1.29, 1.82) is 5.26 Å². The van der Waals surface area contributed by atoms with Gasteiger partial charge in [-0.25, -0.2) is 18.2 Å². The highest BCUT2D eigenvalue weighted by Crippen LogP contribution is 2.41. The molecule has 0 aliphatic carbocycles. The molecule has 9 heteroatoms. The largest absolute Gasteiger partial charge is 0.353 e. The van der Waals surface area contributed by atoms with E-state index in [4.69, 9.17) is 11.6 Å². The van der Waals surface area contributed by atoms with Crippen LogP contribution >= 0.6 is 11.6 Å². The van der Waals surface area contributed by atoms with Crippen LogP contribution in [0.4, 0.5) is 19.0 Å². The third-order valence-electron chi connectivity index (χ3n) is 4.78. The van der Waals surface area contributed by atoms with E-state index >= 15 is 0 Å². The second kappa shape index (κ2) is 6.43. The van der Waals surface area contributed by atoms with Crippen LogP contribution in [0.3, 0.4) is 0 Å². The minimum absolute atomic E-state index is 0.0134. The van der Waals surface area contributed by atoms with Crippen molar-refractivity contribution in [2.75, 3.05) is 11.4 Å². The Morgan fingerprint density at radius 1 is 1.22 bits per heavy atom. The van der Waals surface area contributed by atoms with Crippen LogP contribution in [0.25, 0.3) is 16.8 Å². The van der Waals surface area contributed by atoms with Crippen LogP contribution in [0.2, 0.25) is 5.15 Å². The van der Waals surface area contributed by atoms with Crippen LogP contribution in [0, 0.1) is 28.8 Å². The lowest BCUT2D eigenvalue weighted by Gasteiger charge is -2.27. The van der Waals surface area contributed by atoms with Crippen LogP contribution in [0.5, 0.6) is 0 Å². The first-order chi connectivity index (χ1) is 12.9. The highest BCUT2D eigenvalue weighted by atomic mass is 35.5. The molecule has 1 atom stereocenters. The SMILES string of the molecule is CC1CCCN1c1c(-c2c(F)cc(F)cc2F)c(Cl)nc2c(C#N)cnn12. The molecule has 1 fully saturated rings. The first-order valence-electron chi connectivity index (χ1n) is 8.31. The van der Waals surface area contributed by atoms with Gasteiger partial charge in [-0.05, 0) is 19.8 Å². The van der Waals surface area contributed by atoms with Gasteiger partial charge in [0.25, 0.3) is 0 Å². The summed E-state index contributed by atoms with van der Waals surface area (Å²) in [6, 6.07) is 3.23. The Bertz CT molecular complexity index is 1080. The van der Waals surface area contributed by atoms with Gasteiger partial charge in [0.15, 0.2) is 5.65 Å². The fourth-order valence-electron chi connectivity index (χ4n) is 3.54. The molecule has 0 N–H and O–H groups in total. The van der Waals surface area contributed by atoms with Crippen LogP contribution in [-0.4, -0.2) is 27.2 Å². The molecule has 0 amide bonds. The van der Waals surface area contributed by atoms with E-state index in [0.29, 0.717) is 24.5 Å². The molecular formula is C18H13ClF3N5. The maximum Gasteiger partial charge on any atom is 0.176 e. The molecule has 1 aliphatic rings. The molecule has 0 radical (unpaired) electrons. The zero-order valence-corrected chi connectivity index (χ0v) is 14.9.